The third kappa shape index (κ3) is 5.17. The molecule has 0 spiro atoms. The molecule has 1 aliphatic rings. The fourth-order valence-electron chi connectivity index (χ4n) is 4.19. The molecule has 6 heteroatoms. The lowest BCUT2D eigenvalue weighted by Gasteiger charge is -2.18. The van der Waals surface area contributed by atoms with Gasteiger partial charge in [0.05, 0.1) is 6.10 Å². The summed E-state index contributed by atoms with van der Waals surface area (Å²) in [6.07, 6.45) is -0.552. The Kier molecular flexibility index (Phi) is 6.63. The Morgan fingerprint density at radius 3 is 2.03 bits per heavy atom. The number of carbonyl (C=O) groups excluding carboxylic acids is 1. The largest absolute Gasteiger partial charge is 0.491 e. The molecule has 0 aliphatic heterocycles. The number of aliphatic carboxylic acids is 1. The van der Waals surface area contributed by atoms with E-state index in [1.165, 1.54) is 0 Å². The second kappa shape index (κ2) is 9.77. The van der Waals surface area contributed by atoms with Crippen molar-refractivity contribution < 1.29 is 24.2 Å². The van der Waals surface area contributed by atoms with Gasteiger partial charge in [0, 0.05) is 12.3 Å². The van der Waals surface area contributed by atoms with Crippen LogP contribution in [0.2, 0.25) is 0 Å². The molecule has 1 atom stereocenters. The van der Waals surface area contributed by atoms with Crippen molar-refractivity contribution in [3.8, 4) is 16.9 Å². The number of carboxylic acid groups (broad SMARTS) is 1. The summed E-state index contributed by atoms with van der Waals surface area (Å²) in [5.74, 6) is -0.490. The maximum Gasteiger partial charge on any atom is 0.407 e. The van der Waals surface area contributed by atoms with Gasteiger partial charge < -0.3 is 19.9 Å². The lowest BCUT2D eigenvalue weighted by atomic mass is 9.98. The molecular weight excluding hydrogens is 418 g/mol. The van der Waals surface area contributed by atoms with Crippen molar-refractivity contribution in [2.24, 2.45) is 0 Å². The van der Waals surface area contributed by atoms with E-state index in [-0.39, 0.29) is 25.0 Å². The van der Waals surface area contributed by atoms with Crippen molar-refractivity contribution in [3.63, 3.8) is 0 Å². The normalized spacial score (nSPS) is 13.2. The van der Waals surface area contributed by atoms with Gasteiger partial charge in [-0.1, -0.05) is 60.7 Å². The summed E-state index contributed by atoms with van der Waals surface area (Å²) < 4.78 is 11.1. The number of hydrogen-bond acceptors (Lipinski definition) is 4. The Morgan fingerprint density at radius 1 is 0.909 bits per heavy atom. The third-order valence-corrected chi connectivity index (χ3v) is 5.67. The molecular formula is C27H27NO5. The molecule has 0 bridgehead atoms. The first-order valence-electron chi connectivity index (χ1n) is 11.0. The summed E-state index contributed by atoms with van der Waals surface area (Å²) in [5.41, 5.74) is 5.25. The molecule has 6 nitrogen and oxygen atoms in total. The van der Waals surface area contributed by atoms with Crippen LogP contribution >= 0.6 is 0 Å². The highest BCUT2D eigenvalue weighted by Gasteiger charge is 2.29. The molecule has 3 aromatic carbocycles. The van der Waals surface area contributed by atoms with Crippen LogP contribution in [0.5, 0.6) is 5.75 Å². The van der Waals surface area contributed by atoms with Gasteiger partial charge in [0.1, 0.15) is 18.4 Å². The minimum absolute atomic E-state index is 0.0536. The first-order chi connectivity index (χ1) is 15.9. The number of benzene rings is 3. The van der Waals surface area contributed by atoms with Crippen LogP contribution in [-0.2, 0) is 16.0 Å². The van der Waals surface area contributed by atoms with Crippen molar-refractivity contribution in [1.82, 2.24) is 5.32 Å². The van der Waals surface area contributed by atoms with E-state index in [9.17, 15) is 14.7 Å². The minimum Gasteiger partial charge on any atom is -0.491 e. The Morgan fingerprint density at radius 2 is 1.48 bits per heavy atom. The third-order valence-electron chi connectivity index (χ3n) is 5.67. The molecule has 1 amide bonds. The molecule has 170 valence electrons. The van der Waals surface area contributed by atoms with Crippen LogP contribution in [0.1, 0.15) is 36.5 Å². The topological polar surface area (TPSA) is 84.9 Å². The molecule has 2 N–H and O–H groups in total. The lowest BCUT2D eigenvalue weighted by molar-refractivity contribution is -0.139. The Balaban J connectivity index is 1.39. The van der Waals surface area contributed by atoms with Gasteiger partial charge in [-0.25, -0.2) is 9.59 Å². The molecule has 0 saturated heterocycles. The number of nitrogens with one attached hydrogen (secondary N) is 1. The number of carbonyl (C=O) groups is 2. The maximum absolute atomic E-state index is 12.5. The van der Waals surface area contributed by atoms with Crippen molar-refractivity contribution in [3.05, 3.63) is 89.5 Å². The first kappa shape index (κ1) is 22.4. The molecule has 4 rings (SSSR count). The van der Waals surface area contributed by atoms with Crippen molar-refractivity contribution in [2.45, 2.75) is 38.3 Å². The Labute approximate surface area is 193 Å². The predicted octanol–water partition coefficient (Wildman–Crippen LogP) is 5.01. The maximum atomic E-state index is 12.5. The fourth-order valence-corrected chi connectivity index (χ4v) is 4.19. The molecule has 0 saturated carbocycles. The lowest BCUT2D eigenvalue weighted by Crippen LogP contribution is -2.42. The summed E-state index contributed by atoms with van der Waals surface area (Å²) in [4.78, 5) is 24.2. The van der Waals surface area contributed by atoms with E-state index in [0.29, 0.717) is 5.75 Å². The molecule has 33 heavy (non-hydrogen) atoms. The zero-order valence-electron chi connectivity index (χ0n) is 18.7. The van der Waals surface area contributed by atoms with Gasteiger partial charge in [0.25, 0.3) is 0 Å². The Hall–Kier alpha value is -3.80. The van der Waals surface area contributed by atoms with Gasteiger partial charge >= 0.3 is 12.1 Å². The second-order valence-electron chi connectivity index (χ2n) is 8.38. The van der Waals surface area contributed by atoms with Crippen LogP contribution in [0.4, 0.5) is 4.79 Å². The van der Waals surface area contributed by atoms with E-state index in [1.807, 2.05) is 50.2 Å². The highest BCUT2D eigenvalue weighted by molar-refractivity contribution is 5.81. The van der Waals surface area contributed by atoms with E-state index in [0.717, 1.165) is 27.8 Å². The van der Waals surface area contributed by atoms with E-state index in [2.05, 4.69) is 17.4 Å². The van der Waals surface area contributed by atoms with E-state index >= 15 is 0 Å². The minimum atomic E-state index is -1.12. The fraction of sp³-hybridized carbons (Fsp3) is 0.259. The SMILES string of the molecule is CC(C)Oc1ccc(C[C@H](NC(=O)OCC2c3ccccc3-c3ccccc32)C(=O)O)cc1. The number of amides is 1. The van der Waals surface area contributed by atoms with Crippen molar-refractivity contribution >= 4 is 12.1 Å². The van der Waals surface area contributed by atoms with Gasteiger partial charge in [-0.2, -0.15) is 0 Å². The van der Waals surface area contributed by atoms with E-state index in [4.69, 9.17) is 9.47 Å². The standard InChI is InChI=1S/C27H27NO5/c1-17(2)33-19-13-11-18(12-14-19)15-25(26(29)30)28-27(31)32-16-24-22-9-5-3-7-20(22)21-8-4-6-10-23(21)24/h3-14,17,24-25H,15-16H2,1-2H3,(H,28,31)(H,29,30)/t25-/m0/s1. The number of hydrogen-bond donors (Lipinski definition) is 2. The van der Waals surface area contributed by atoms with E-state index in [1.54, 1.807) is 24.3 Å². The van der Waals surface area contributed by atoms with Crippen molar-refractivity contribution in [1.29, 1.82) is 0 Å². The number of fused-ring (bicyclic) bond motifs is 3. The monoisotopic (exact) mass is 445 g/mol. The Bertz CT molecular complexity index is 1090. The summed E-state index contributed by atoms with van der Waals surface area (Å²) in [5, 5.41) is 12.1. The quantitative estimate of drug-likeness (QED) is 0.509. The van der Waals surface area contributed by atoms with Gasteiger partial charge in [-0.15, -0.1) is 0 Å². The summed E-state index contributed by atoms with van der Waals surface area (Å²) in [6, 6.07) is 22.2. The van der Waals surface area contributed by atoms with Crippen molar-refractivity contribution in [2.75, 3.05) is 6.61 Å². The number of ether oxygens (including phenoxy) is 2. The highest BCUT2D eigenvalue weighted by atomic mass is 16.5. The zero-order valence-corrected chi connectivity index (χ0v) is 18.7. The molecule has 3 aromatic rings. The number of alkyl carbamates (subject to hydrolysis) is 1. The summed E-state index contributed by atoms with van der Waals surface area (Å²) in [7, 11) is 0. The first-order valence-corrected chi connectivity index (χ1v) is 11.0. The van der Waals surface area contributed by atoms with Crippen LogP contribution in [-0.4, -0.2) is 35.9 Å². The average Bonchev–Trinajstić information content (AvgIpc) is 3.12. The molecule has 0 radical (unpaired) electrons. The molecule has 0 unspecified atom stereocenters. The van der Waals surface area contributed by atoms with Crippen LogP contribution in [0.3, 0.4) is 0 Å². The summed E-state index contributed by atoms with van der Waals surface area (Å²) >= 11 is 0. The van der Waals surface area contributed by atoms with Crippen LogP contribution < -0.4 is 10.1 Å². The van der Waals surface area contributed by atoms with Crippen LogP contribution in [0, 0.1) is 0 Å². The highest BCUT2D eigenvalue weighted by Crippen LogP contribution is 2.44. The molecule has 1 aliphatic carbocycles. The predicted molar refractivity (Wildman–Crippen MR) is 126 cm³/mol. The van der Waals surface area contributed by atoms with E-state index < -0.39 is 18.1 Å². The van der Waals surface area contributed by atoms with Gasteiger partial charge in [-0.05, 0) is 53.8 Å². The number of carboxylic acids is 1. The molecule has 0 fully saturated rings. The van der Waals surface area contributed by atoms with Gasteiger partial charge in [0.15, 0.2) is 0 Å². The van der Waals surface area contributed by atoms with Crippen LogP contribution in [0.15, 0.2) is 72.8 Å². The number of rotatable bonds is 8. The molecule has 0 aromatic heterocycles. The summed E-state index contributed by atoms with van der Waals surface area (Å²) in [6.45, 7) is 4.01. The van der Waals surface area contributed by atoms with Crippen LogP contribution in [0.25, 0.3) is 11.1 Å². The smallest absolute Gasteiger partial charge is 0.407 e. The van der Waals surface area contributed by atoms with Gasteiger partial charge in [-0.3, -0.25) is 0 Å². The zero-order chi connectivity index (χ0) is 23.4. The average molecular weight is 446 g/mol. The second-order valence-corrected chi connectivity index (χ2v) is 8.38. The molecule has 0 heterocycles. The van der Waals surface area contributed by atoms with Gasteiger partial charge in [0.2, 0.25) is 0 Å².